The van der Waals surface area contributed by atoms with Gasteiger partial charge in [-0.2, -0.15) is 0 Å². The number of hydrogen-bond donors (Lipinski definition) is 2. The van der Waals surface area contributed by atoms with Crippen molar-refractivity contribution in [1.82, 2.24) is 4.98 Å². The molecule has 0 aliphatic carbocycles. The first kappa shape index (κ1) is 28.7. The fourth-order valence-electron chi connectivity index (χ4n) is 3.94. The largest absolute Gasteiger partial charge is 0.497 e. The summed E-state index contributed by atoms with van der Waals surface area (Å²) in [6, 6.07) is 29.2. The number of aromatic nitrogens is 1. The molecule has 0 spiro atoms. The molecule has 1 unspecified atom stereocenters. The van der Waals surface area contributed by atoms with Crippen LogP contribution in [0.2, 0.25) is 10.0 Å². The quantitative estimate of drug-likeness (QED) is 0.161. The van der Waals surface area contributed by atoms with E-state index in [4.69, 9.17) is 27.9 Å². The van der Waals surface area contributed by atoms with E-state index in [1.807, 2.05) is 72.1 Å². The van der Waals surface area contributed by atoms with Crippen molar-refractivity contribution in [2.45, 2.75) is 10.1 Å². The number of nitrogens with zero attached hydrogens (tertiary/aromatic N) is 1. The summed E-state index contributed by atoms with van der Waals surface area (Å²) in [6.07, 6.45) is 0. The number of hydrogen-bond acceptors (Lipinski definition) is 6. The van der Waals surface area contributed by atoms with Crippen LogP contribution >= 0.6 is 46.3 Å². The highest BCUT2D eigenvalue weighted by molar-refractivity contribution is 8.00. The Morgan fingerprint density at radius 1 is 0.902 bits per heavy atom. The molecular formula is C31H23Cl2N3O3S2. The monoisotopic (exact) mass is 619 g/mol. The van der Waals surface area contributed by atoms with Crippen LogP contribution in [0.15, 0.2) is 107 Å². The van der Waals surface area contributed by atoms with Crippen LogP contribution in [0.3, 0.4) is 0 Å². The van der Waals surface area contributed by atoms with Crippen LogP contribution in [-0.4, -0.2) is 23.9 Å². The van der Waals surface area contributed by atoms with Crippen molar-refractivity contribution in [3.63, 3.8) is 0 Å². The van der Waals surface area contributed by atoms with Crippen molar-refractivity contribution in [2.24, 2.45) is 0 Å². The molecule has 206 valence electrons. The summed E-state index contributed by atoms with van der Waals surface area (Å²) in [5.74, 6) is 0.203. The number of amides is 2. The van der Waals surface area contributed by atoms with Crippen molar-refractivity contribution in [3.05, 3.63) is 124 Å². The Balaban J connectivity index is 1.30. The molecule has 0 saturated heterocycles. The zero-order valence-electron chi connectivity index (χ0n) is 21.6. The molecule has 0 saturated carbocycles. The topological polar surface area (TPSA) is 80.3 Å². The predicted molar refractivity (Wildman–Crippen MR) is 169 cm³/mol. The Morgan fingerprint density at radius 2 is 1.68 bits per heavy atom. The molecule has 1 heterocycles. The first-order valence-corrected chi connectivity index (χ1v) is 14.9. The van der Waals surface area contributed by atoms with E-state index < -0.39 is 5.25 Å². The average Bonchev–Trinajstić information content (AvgIpc) is 3.45. The van der Waals surface area contributed by atoms with Gasteiger partial charge in [0.25, 0.3) is 5.91 Å². The maximum atomic E-state index is 13.5. The number of ether oxygens (including phenoxy) is 1. The first-order chi connectivity index (χ1) is 19.9. The summed E-state index contributed by atoms with van der Waals surface area (Å²) in [4.78, 5) is 31.7. The molecule has 0 radical (unpaired) electrons. The minimum atomic E-state index is -0.534. The average molecular weight is 621 g/mol. The van der Waals surface area contributed by atoms with E-state index >= 15 is 0 Å². The van der Waals surface area contributed by atoms with Crippen LogP contribution in [0, 0.1) is 0 Å². The molecule has 0 fully saturated rings. The smallest absolute Gasteiger partial charge is 0.257 e. The number of rotatable bonds is 9. The van der Waals surface area contributed by atoms with Crippen LogP contribution in [-0.2, 0) is 4.79 Å². The van der Waals surface area contributed by atoms with Gasteiger partial charge in [0.15, 0.2) is 5.13 Å². The zero-order valence-corrected chi connectivity index (χ0v) is 24.8. The van der Waals surface area contributed by atoms with Gasteiger partial charge in [0.05, 0.1) is 23.4 Å². The molecule has 0 aliphatic heterocycles. The fourth-order valence-corrected chi connectivity index (χ4v) is 6.18. The number of benzene rings is 4. The summed E-state index contributed by atoms with van der Waals surface area (Å²) in [6.45, 7) is 0. The summed E-state index contributed by atoms with van der Waals surface area (Å²) < 4.78 is 5.31. The van der Waals surface area contributed by atoms with Gasteiger partial charge >= 0.3 is 0 Å². The van der Waals surface area contributed by atoms with E-state index in [-0.39, 0.29) is 16.8 Å². The van der Waals surface area contributed by atoms with Gasteiger partial charge in [-0.25, -0.2) is 4.98 Å². The molecule has 2 N–H and O–H groups in total. The van der Waals surface area contributed by atoms with E-state index in [0.717, 1.165) is 27.5 Å². The predicted octanol–water partition coefficient (Wildman–Crippen LogP) is 8.85. The molecule has 0 aliphatic rings. The highest BCUT2D eigenvalue weighted by atomic mass is 35.5. The molecule has 5 rings (SSSR count). The van der Waals surface area contributed by atoms with E-state index in [1.165, 1.54) is 29.2 Å². The van der Waals surface area contributed by atoms with E-state index in [1.54, 1.807) is 31.4 Å². The normalized spacial score (nSPS) is 11.5. The molecule has 4 aromatic carbocycles. The Hall–Kier alpha value is -3.82. The summed E-state index contributed by atoms with van der Waals surface area (Å²) in [5, 5.41) is 8.43. The van der Waals surface area contributed by atoms with Crippen molar-refractivity contribution in [3.8, 4) is 17.0 Å². The molecule has 10 heteroatoms. The summed E-state index contributed by atoms with van der Waals surface area (Å²) in [7, 11) is 1.62. The molecule has 2 amide bonds. The number of nitrogens with one attached hydrogen (secondary N) is 2. The number of anilines is 2. The SMILES string of the molecule is COc1cccc(-c2csc(NC(=O)C(Sc3ccc(NC(=O)c4ccc(Cl)cc4Cl)cc3)c3ccccc3)n2)c1. The van der Waals surface area contributed by atoms with Crippen molar-refractivity contribution in [2.75, 3.05) is 17.7 Å². The van der Waals surface area contributed by atoms with Gasteiger partial charge in [-0.1, -0.05) is 65.7 Å². The van der Waals surface area contributed by atoms with Crippen molar-refractivity contribution in [1.29, 1.82) is 0 Å². The lowest BCUT2D eigenvalue weighted by molar-refractivity contribution is -0.115. The highest BCUT2D eigenvalue weighted by Gasteiger charge is 2.23. The van der Waals surface area contributed by atoms with Gasteiger partial charge in [0.1, 0.15) is 11.0 Å². The Morgan fingerprint density at radius 3 is 2.41 bits per heavy atom. The second-order valence-corrected chi connectivity index (χ2v) is 11.7. The van der Waals surface area contributed by atoms with Crippen molar-refractivity contribution < 1.29 is 14.3 Å². The second kappa shape index (κ2) is 13.2. The van der Waals surface area contributed by atoms with Crippen LogP contribution in [0.1, 0.15) is 21.2 Å². The zero-order chi connectivity index (χ0) is 28.8. The molecular weight excluding hydrogens is 597 g/mol. The number of thiazole rings is 1. The van der Waals surface area contributed by atoms with Gasteiger partial charge < -0.3 is 15.4 Å². The molecule has 0 bridgehead atoms. The van der Waals surface area contributed by atoms with Gasteiger partial charge in [0, 0.05) is 26.5 Å². The minimum absolute atomic E-state index is 0.192. The number of carbonyl (C=O) groups excluding carboxylic acids is 2. The summed E-state index contributed by atoms with van der Waals surface area (Å²) >= 11 is 14.9. The molecule has 6 nitrogen and oxygen atoms in total. The first-order valence-electron chi connectivity index (χ1n) is 12.4. The Labute approximate surface area is 255 Å². The third kappa shape index (κ3) is 7.28. The Kier molecular flexibility index (Phi) is 9.26. The van der Waals surface area contributed by atoms with Crippen LogP contribution in [0.4, 0.5) is 10.8 Å². The lowest BCUT2D eigenvalue weighted by Gasteiger charge is -2.16. The second-order valence-electron chi connectivity index (χ2n) is 8.77. The lowest BCUT2D eigenvalue weighted by Crippen LogP contribution is -2.19. The number of thioether (sulfide) groups is 1. The van der Waals surface area contributed by atoms with Crippen LogP contribution in [0.25, 0.3) is 11.3 Å². The maximum absolute atomic E-state index is 13.5. The fraction of sp³-hybridized carbons (Fsp3) is 0.0645. The summed E-state index contributed by atoms with van der Waals surface area (Å²) in [5.41, 5.74) is 3.44. The van der Waals surface area contributed by atoms with Crippen LogP contribution in [0.5, 0.6) is 5.75 Å². The third-order valence-corrected chi connectivity index (χ3v) is 8.55. The van der Waals surface area contributed by atoms with E-state index in [2.05, 4.69) is 15.6 Å². The third-order valence-electron chi connectivity index (χ3n) is 5.98. The van der Waals surface area contributed by atoms with Gasteiger partial charge in [-0.15, -0.1) is 23.1 Å². The van der Waals surface area contributed by atoms with Gasteiger partial charge in [-0.05, 0) is 60.2 Å². The Bertz CT molecular complexity index is 1680. The van der Waals surface area contributed by atoms with E-state index in [0.29, 0.717) is 21.4 Å². The van der Waals surface area contributed by atoms with Crippen LogP contribution < -0.4 is 15.4 Å². The van der Waals surface area contributed by atoms with E-state index in [9.17, 15) is 9.59 Å². The maximum Gasteiger partial charge on any atom is 0.257 e. The molecule has 1 aromatic heterocycles. The number of halogens is 2. The highest BCUT2D eigenvalue weighted by Crippen LogP contribution is 2.37. The van der Waals surface area contributed by atoms with Gasteiger partial charge in [-0.3, -0.25) is 9.59 Å². The number of methoxy groups -OCH3 is 1. The number of carbonyl (C=O) groups is 2. The minimum Gasteiger partial charge on any atom is -0.497 e. The molecule has 1 atom stereocenters. The molecule has 5 aromatic rings. The van der Waals surface area contributed by atoms with Gasteiger partial charge in [0.2, 0.25) is 5.91 Å². The molecule has 41 heavy (non-hydrogen) atoms. The standard InChI is InChI=1S/C31H23Cl2N3O3S2/c1-39-23-9-5-8-20(16-23)27-18-40-31(35-27)36-30(38)28(19-6-3-2-4-7-19)41-24-13-11-22(12-14-24)34-29(37)25-15-10-21(32)17-26(25)33/h2-18,28H,1H3,(H,34,37)(H,35,36,38). The van der Waals surface area contributed by atoms with Crippen molar-refractivity contribution >= 4 is 68.9 Å². The lowest BCUT2D eigenvalue weighted by atomic mass is 10.1.